The molecule has 0 radical (unpaired) electrons. The summed E-state index contributed by atoms with van der Waals surface area (Å²) in [6.45, 7) is 1.39. The van der Waals surface area contributed by atoms with Crippen LogP contribution in [0, 0.1) is 0 Å². The lowest BCUT2D eigenvalue weighted by Gasteiger charge is -2.16. The topological polar surface area (TPSA) is 42.4 Å². The third-order valence-corrected chi connectivity index (χ3v) is 4.30. The second kappa shape index (κ2) is 8.66. The van der Waals surface area contributed by atoms with Crippen LogP contribution in [0.15, 0.2) is 35.7 Å². The monoisotopic (exact) mass is 318 g/mol. The highest BCUT2D eigenvalue weighted by Gasteiger charge is 2.12. The van der Waals surface area contributed by atoms with Crippen molar-refractivity contribution >= 4 is 17.2 Å². The Hall–Kier alpha value is -1.72. The Labute approximate surface area is 135 Å². The van der Waals surface area contributed by atoms with Gasteiger partial charge in [-0.3, -0.25) is 4.79 Å². The Morgan fingerprint density at radius 2 is 2.09 bits per heavy atom. The summed E-state index contributed by atoms with van der Waals surface area (Å²) in [7, 11) is 3.50. The molecular formula is C17H22N2O2S. The fourth-order valence-corrected chi connectivity index (χ4v) is 2.97. The molecule has 0 aliphatic carbocycles. The number of nitrogens with zero attached hydrogens (tertiary/aromatic N) is 2. The summed E-state index contributed by atoms with van der Waals surface area (Å²) >= 11 is 1.62. The van der Waals surface area contributed by atoms with Crippen LogP contribution in [0.3, 0.4) is 0 Å². The Morgan fingerprint density at radius 1 is 1.32 bits per heavy atom. The molecule has 0 bridgehead atoms. The van der Waals surface area contributed by atoms with Crippen LogP contribution in [0.25, 0.3) is 0 Å². The van der Waals surface area contributed by atoms with Crippen molar-refractivity contribution in [1.29, 1.82) is 0 Å². The Balaban J connectivity index is 1.85. The molecule has 1 amide bonds. The first-order chi connectivity index (χ1) is 10.7. The van der Waals surface area contributed by atoms with E-state index in [2.05, 4.69) is 17.1 Å². The van der Waals surface area contributed by atoms with Crippen molar-refractivity contribution in [2.24, 2.45) is 0 Å². The maximum Gasteiger partial charge on any atom is 0.228 e. The van der Waals surface area contributed by atoms with Crippen molar-refractivity contribution in [2.45, 2.75) is 19.3 Å². The van der Waals surface area contributed by atoms with Crippen LogP contribution < -0.4 is 0 Å². The number of ether oxygens (including phenoxy) is 1. The number of amides is 1. The van der Waals surface area contributed by atoms with Gasteiger partial charge in [0.15, 0.2) is 0 Å². The first-order valence-corrected chi connectivity index (χ1v) is 8.27. The van der Waals surface area contributed by atoms with E-state index >= 15 is 0 Å². The average molecular weight is 318 g/mol. The highest BCUT2D eigenvalue weighted by Crippen LogP contribution is 2.15. The number of thiazole rings is 1. The van der Waals surface area contributed by atoms with Gasteiger partial charge in [0.1, 0.15) is 0 Å². The Kier molecular flexibility index (Phi) is 6.55. The molecule has 0 aliphatic rings. The molecule has 0 fully saturated rings. The van der Waals surface area contributed by atoms with Gasteiger partial charge in [0.25, 0.3) is 0 Å². The lowest BCUT2D eigenvalue weighted by molar-refractivity contribution is -0.129. The van der Waals surface area contributed by atoms with E-state index in [-0.39, 0.29) is 5.91 Å². The van der Waals surface area contributed by atoms with E-state index in [1.165, 1.54) is 5.56 Å². The van der Waals surface area contributed by atoms with Gasteiger partial charge in [-0.05, 0) is 12.0 Å². The molecule has 1 heterocycles. The van der Waals surface area contributed by atoms with Gasteiger partial charge in [-0.15, -0.1) is 11.3 Å². The number of hydrogen-bond donors (Lipinski definition) is 0. The molecule has 22 heavy (non-hydrogen) atoms. The number of aromatic nitrogens is 1. The van der Waals surface area contributed by atoms with Crippen LogP contribution >= 0.6 is 11.3 Å². The predicted molar refractivity (Wildman–Crippen MR) is 89.2 cm³/mol. The van der Waals surface area contributed by atoms with E-state index in [1.807, 2.05) is 30.6 Å². The zero-order chi connectivity index (χ0) is 15.8. The van der Waals surface area contributed by atoms with E-state index < -0.39 is 0 Å². The highest BCUT2D eigenvalue weighted by molar-refractivity contribution is 7.09. The number of carbonyl (C=O) groups excluding carboxylic acids is 1. The third-order valence-electron chi connectivity index (χ3n) is 3.40. The minimum absolute atomic E-state index is 0.104. The van der Waals surface area contributed by atoms with E-state index in [0.717, 1.165) is 23.5 Å². The van der Waals surface area contributed by atoms with Gasteiger partial charge < -0.3 is 9.64 Å². The molecular weight excluding hydrogens is 296 g/mol. The minimum Gasteiger partial charge on any atom is -0.385 e. The summed E-state index contributed by atoms with van der Waals surface area (Å²) < 4.78 is 5.00. The van der Waals surface area contributed by atoms with Gasteiger partial charge in [0, 0.05) is 39.1 Å². The smallest absolute Gasteiger partial charge is 0.228 e. The summed E-state index contributed by atoms with van der Waals surface area (Å²) in [5.74, 6) is 0.104. The van der Waals surface area contributed by atoms with Crippen molar-refractivity contribution in [3.63, 3.8) is 0 Å². The van der Waals surface area contributed by atoms with E-state index in [0.29, 0.717) is 19.6 Å². The van der Waals surface area contributed by atoms with Crippen LogP contribution in [0.4, 0.5) is 0 Å². The van der Waals surface area contributed by atoms with Gasteiger partial charge in [-0.2, -0.15) is 0 Å². The molecule has 0 unspecified atom stereocenters. The van der Waals surface area contributed by atoms with Crippen LogP contribution in [0.2, 0.25) is 0 Å². The number of methoxy groups -OCH3 is 1. The number of hydrogen-bond acceptors (Lipinski definition) is 4. The second-order valence-corrected chi connectivity index (χ2v) is 6.18. The summed E-state index contributed by atoms with van der Waals surface area (Å²) in [6, 6.07) is 10.3. The van der Waals surface area contributed by atoms with Crippen LogP contribution in [0.5, 0.6) is 0 Å². The summed E-state index contributed by atoms with van der Waals surface area (Å²) in [5.41, 5.74) is 2.10. The number of carbonyl (C=O) groups is 1. The van der Waals surface area contributed by atoms with E-state index in [9.17, 15) is 4.79 Å². The zero-order valence-electron chi connectivity index (χ0n) is 13.1. The van der Waals surface area contributed by atoms with Gasteiger partial charge in [-0.1, -0.05) is 30.3 Å². The molecule has 0 saturated carbocycles. The van der Waals surface area contributed by atoms with Crippen LogP contribution in [-0.4, -0.2) is 43.1 Å². The zero-order valence-corrected chi connectivity index (χ0v) is 13.9. The quantitative estimate of drug-likeness (QED) is 0.703. The molecule has 1 aromatic heterocycles. The molecule has 118 valence electrons. The van der Waals surface area contributed by atoms with Crippen LogP contribution in [-0.2, 0) is 22.4 Å². The van der Waals surface area contributed by atoms with Crippen molar-refractivity contribution in [2.75, 3.05) is 27.3 Å². The molecule has 2 rings (SSSR count). The summed E-state index contributed by atoms with van der Waals surface area (Å²) in [5, 5.41) is 3.04. The minimum atomic E-state index is 0.104. The molecule has 1 aromatic carbocycles. The van der Waals surface area contributed by atoms with Crippen LogP contribution in [0.1, 0.15) is 22.7 Å². The summed E-state index contributed by atoms with van der Waals surface area (Å²) in [6.07, 6.45) is 2.05. The Bertz CT molecular complexity index is 583. The van der Waals surface area contributed by atoms with Crippen molar-refractivity contribution in [3.8, 4) is 0 Å². The van der Waals surface area contributed by atoms with Crippen molar-refractivity contribution < 1.29 is 9.53 Å². The van der Waals surface area contributed by atoms with E-state index in [1.54, 1.807) is 23.3 Å². The predicted octanol–water partition coefficient (Wildman–Crippen LogP) is 2.77. The molecule has 4 nitrogen and oxygen atoms in total. The number of benzene rings is 1. The molecule has 0 aliphatic heterocycles. The number of likely N-dealkylation sites (N-methyl/N-ethyl adjacent to an activating group) is 1. The maximum atomic E-state index is 12.1. The molecule has 0 atom stereocenters. The molecule has 0 N–H and O–H groups in total. The fourth-order valence-electron chi connectivity index (χ4n) is 2.14. The maximum absolute atomic E-state index is 12.1. The average Bonchev–Trinajstić information content (AvgIpc) is 2.95. The largest absolute Gasteiger partial charge is 0.385 e. The standard InChI is InChI=1S/C17H22N2O2S/c1-19(9-6-10-21-2)17(20)12-15-13-22-16(18-15)11-14-7-4-3-5-8-14/h3-5,7-8,13H,6,9-12H2,1-2H3. The van der Waals surface area contributed by atoms with Crippen molar-refractivity contribution in [1.82, 2.24) is 9.88 Å². The first kappa shape index (κ1) is 16.6. The van der Waals surface area contributed by atoms with E-state index in [4.69, 9.17) is 4.74 Å². The SMILES string of the molecule is COCCCN(C)C(=O)Cc1csc(Cc2ccccc2)n1. The molecule has 0 spiro atoms. The molecule has 2 aromatic rings. The first-order valence-electron chi connectivity index (χ1n) is 7.39. The lowest BCUT2D eigenvalue weighted by atomic mass is 10.2. The highest BCUT2D eigenvalue weighted by atomic mass is 32.1. The molecule has 0 saturated heterocycles. The lowest BCUT2D eigenvalue weighted by Crippen LogP contribution is -2.29. The number of rotatable bonds is 8. The van der Waals surface area contributed by atoms with Gasteiger partial charge in [-0.25, -0.2) is 4.98 Å². The normalized spacial score (nSPS) is 10.6. The Morgan fingerprint density at radius 3 is 2.82 bits per heavy atom. The molecule has 5 heteroatoms. The van der Waals surface area contributed by atoms with Gasteiger partial charge >= 0.3 is 0 Å². The van der Waals surface area contributed by atoms with Gasteiger partial charge in [0.2, 0.25) is 5.91 Å². The fraction of sp³-hybridized carbons (Fsp3) is 0.412. The third kappa shape index (κ3) is 5.24. The summed E-state index contributed by atoms with van der Waals surface area (Å²) in [4.78, 5) is 18.4. The van der Waals surface area contributed by atoms with Crippen molar-refractivity contribution in [3.05, 3.63) is 52.0 Å². The van der Waals surface area contributed by atoms with Gasteiger partial charge in [0.05, 0.1) is 17.1 Å². The second-order valence-electron chi connectivity index (χ2n) is 5.23.